The lowest BCUT2D eigenvalue weighted by Crippen LogP contribution is -2.41. The molecule has 0 aliphatic heterocycles. The summed E-state index contributed by atoms with van der Waals surface area (Å²) in [6, 6.07) is 5.46. The molecule has 0 bridgehead atoms. The van der Waals surface area contributed by atoms with E-state index in [9.17, 15) is 18.0 Å². The van der Waals surface area contributed by atoms with Crippen LogP contribution in [-0.2, 0) is 11.0 Å². The zero-order valence-corrected chi connectivity index (χ0v) is 19.1. The fraction of sp³-hybridized carbons (Fsp3) is 0.435. The highest BCUT2D eigenvalue weighted by Crippen LogP contribution is 2.45. The molecule has 2 atom stereocenters. The Morgan fingerprint density at radius 3 is 2.62 bits per heavy atom. The molecule has 4 rings (SSSR count). The number of carbonyl (C=O) groups excluding carboxylic acids is 1. The molecule has 1 fully saturated rings. The van der Waals surface area contributed by atoms with E-state index in [1.165, 1.54) is 0 Å². The van der Waals surface area contributed by atoms with Crippen LogP contribution in [-0.4, -0.2) is 30.9 Å². The average molecular weight is 474 g/mol. The molecule has 2 unspecified atom stereocenters. The number of rotatable bonds is 5. The molecule has 3 aromatic rings. The van der Waals surface area contributed by atoms with Gasteiger partial charge in [-0.3, -0.25) is 4.79 Å². The summed E-state index contributed by atoms with van der Waals surface area (Å²) in [4.78, 5) is 20.2. The van der Waals surface area contributed by atoms with E-state index in [0.29, 0.717) is 23.6 Å². The van der Waals surface area contributed by atoms with Crippen LogP contribution in [0.4, 0.5) is 24.8 Å². The molecular formula is C23H26F3N7O. The molecule has 34 heavy (non-hydrogen) atoms. The SMILES string of the molecule is Cc1cc(Nc2cc(C(F)(F)F)ccn2)nc(-c2cn(C3CCC(C(N)=O)C(C)(C)C3)nn2)c1. The van der Waals surface area contributed by atoms with E-state index in [4.69, 9.17) is 5.73 Å². The summed E-state index contributed by atoms with van der Waals surface area (Å²) in [6.45, 7) is 5.93. The van der Waals surface area contributed by atoms with Gasteiger partial charge in [-0.05, 0) is 61.4 Å². The molecule has 1 amide bonds. The van der Waals surface area contributed by atoms with Crippen molar-refractivity contribution in [3.05, 3.63) is 47.8 Å². The Balaban J connectivity index is 1.55. The molecule has 0 saturated heterocycles. The molecule has 0 radical (unpaired) electrons. The topological polar surface area (TPSA) is 112 Å². The Morgan fingerprint density at radius 1 is 1.18 bits per heavy atom. The maximum absolute atomic E-state index is 13.0. The minimum Gasteiger partial charge on any atom is -0.369 e. The zero-order valence-electron chi connectivity index (χ0n) is 19.1. The average Bonchev–Trinajstić information content (AvgIpc) is 3.22. The van der Waals surface area contributed by atoms with Gasteiger partial charge in [0.1, 0.15) is 17.3 Å². The van der Waals surface area contributed by atoms with Gasteiger partial charge >= 0.3 is 6.18 Å². The van der Waals surface area contributed by atoms with Crippen LogP contribution in [0.25, 0.3) is 11.4 Å². The first-order valence-electron chi connectivity index (χ1n) is 10.9. The Kier molecular flexibility index (Phi) is 6.05. The predicted octanol–water partition coefficient (Wildman–Crippen LogP) is 4.66. The lowest BCUT2D eigenvalue weighted by atomic mass is 9.67. The lowest BCUT2D eigenvalue weighted by Gasteiger charge is -2.40. The first-order valence-corrected chi connectivity index (χ1v) is 10.9. The number of hydrogen-bond donors (Lipinski definition) is 2. The summed E-state index contributed by atoms with van der Waals surface area (Å²) in [6.07, 6.45) is 0.617. The van der Waals surface area contributed by atoms with Crippen molar-refractivity contribution in [1.82, 2.24) is 25.0 Å². The van der Waals surface area contributed by atoms with E-state index < -0.39 is 11.7 Å². The van der Waals surface area contributed by atoms with Crippen LogP contribution in [0.3, 0.4) is 0 Å². The largest absolute Gasteiger partial charge is 0.416 e. The second-order valence-electron chi connectivity index (χ2n) is 9.43. The maximum Gasteiger partial charge on any atom is 0.416 e. The van der Waals surface area contributed by atoms with Crippen LogP contribution < -0.4 is 11.1 Å². The number of hydrogen-bond acceptors (Lipinski definition) is 6. The summed E-state index contributed by atoms with van der Waals surface area (Å²) in [5.74, 6) is -0.0688. The minimum atomic E-state index is -4.46. The first kappa shape index (κ1) is 23.7. The van der Waals surface area contributed by atoms with Crippen molar-refractivity contribution in [3.8, 4) is 11.4 Å². The Bertz CT molecular complexity index is 1210. The van der Waals surface area contributed by atoms with Crippen molar-refractivity contribution in [3.63, 3.8) is 0 Å². The highest BCUT2D eigenvalue weighted by molar-refractivity contribution is 5.77. The third-order valence-corrected chi connectivity index (χ3v) is 6.30. The van der Waals surface area contributed by atoms with Gasteiger partial charge < -0.3 is 11.1 Å². The van der Waals surface area contributed by atoms with Gasteiger partial charge in [-0.25, -0.2) is 14.6 Å². The standard InChI is InChI=1S/C23H26F3N7O/c1-13-8-17(29-20(9-13)30-19-10-14(6-7-28-19)23(24,25)26)18-12-33(32-31-18)15-4-5-16(21(27)34)22(2,3)11-15/h6-10,12,15-16H,4-5,11H2,1-3H3,(H2,27,34)(H,28,29,30). The van der Waals surface area contributed by atoms with Gasteiger partial charge in [-0.15, -0.1) is 5.10 Å². The van der Waals surface area contributed by atoms with Gasteiger partial charge in [-0.1, -0.05) is 19.1 Å². The molecule has 1 aliphatic rings. The fourth-order valence-electron chi connectivity index (χ4n) is 4.60. The van der Waals surface area contributed by atoms with Gasteiger partial charge in [0.15, 0.2) is 0 Å². The number of primary amides is 1. The molecule has 0 spiro atoms. The fourth-order valence-corrected chi connectivity index (χ4v) is 4.60. The van der Waals surface area contributed by atoms with E-state index in [0.717, 1.165) is 36.7 Å². The molecule has 11 heteroatoms. The summed E-state index contributed by atoms with van der Waals surface area (Å²) >= 11 is 0. The van der Waals surface area contributed by atoms with Crippen molar-refractivity contribution in [2.75, 3.05) is 5.32 Å². The summed E-state index contributed by atoms with van der Waals surface area (Å²) in [7, 11) is 0. The predicted molar refractivity (Wildman–Crippen MR) is 120 cm³/mol. The Morgan fingerprint density at radius 2 is 1.94 bits per heavy atom. The van der Waals surface area contributed by atoms with Crippen LogP contribution in [0.5, 0.6) is 0 Å². The van der Waals surface area contributed by atoms with Gasteiger partial charge in [-0.2, -0.15) is 13.2 Å². The number of amides is 1. The van der Waals surface area contributed by atoms with Crippen molar-refractivity contribution in [1.29, 1.82) is 0 Å². The number of nitrogens with zero attached hydrogens (tertiary/aromatic N) is 5. The highest BCUT2D eigenvalue weighted by atomic mass is 19.4. The van der Waals surface area contributed by atoms with Gasteiger partial charge in [0.05, 0.1) is 23.5 Å². The van der Waals surface area contributed by atoms with E-state index >= 15 is 0 Å². The molecule has 3 heterocycles. The summed E-state index contributed by atoms with van der Waals surface area (Å²) in [5, 5.41) is 11.4. The molecule has 180 valence electrons. The van der Waals surface area contributed by atoms with Crippen LogP contribution in [0.15, 0.2) is 36.7 Å². The Labute approximate surface area is 194 Å². The first-order chi connectivity index (χ1) is 15.9. The van der Waals surface area contributed by atoms with Gasteiger partial charge in [0, 0.05) is 12.1 Å². The number of anilines is 2. The zero-order chi connectivity index (χ0) is 24.7. The summed E-state index contributed by atoms with van der Waals surface area (Å²) < 4.78 is 40.8. The molecule has 3 N–H and O–H groups in total. The van der Waals surface area contributed by atoms with Crippen LogP contribution in [0.1, 0.15) is 50.3 Å². The number of aryl methyl sites for hydroxylation is 1. The number of aromatic nitrogens is 5. The molecule has 3 aromatic heterocycles. The third kappa shape index (κ3) is 5.02. The van der Waals surface area contributed by atoms with Crippen molar-refractivity contribution in [2.45, 2.75) is 52.3 Å². The number of carbonyl (C=O) groups is 1. The number of halogens is 3. The van der Waals surface area contributed by atoms with E-state index in [2.05, 4.69) is 25.6 Å². The lowest BCUT2D eigenvalue weighted by molar-refractivity contribution is -0.137. The van der Waals surface area contributed by atoms with Crippen molar-refractivity contribution < 1.29 is 18.0 Å². The molecule has 1 saturated carbocycles. The molecule has 8 nitrogen and oxygen atoms in total. The second-order valence-corrected chi connectivity index (χ2v) is 9.43. The van der Waals surface area contributed by atoms with Crippen LogP contribution in [0.2, 0.25) is 0 Å². The Hall–Kier alpha value is -3.50. The van der Waals surface area contributed by atoms with E-state index in [1.807, 2.05) is 26.8 Å². The number of alkyl halides is 3. The molecule has 0 aromatic carbocycles. The monoisotopic (exact) mass is 473 g/mol. The van der Waals surface area contributed by atoms with Crippen LogP contribution >= 0.6 is 0 Å². The number of nitrogens with two attached hydrogens (primary N) is 1. The van der Waals surface area contributed by atoms with Crippen molar-refractivity contribution in [2.24, 2.45) is 17.1 Å². The van der Waals surface area contributed by atoms with E-state index in [1.54, 1.807) is 16.9 Å². The van der Waals surface area contributed by atoms with Crippen molar-refractivity contribution >= 4 is 17.5 Å². The van der Waals surface area contributed by atoms with Gasteiger partial charge in [0.2, 0.25) is 5.91 Å². The molecule has 1 aliphatic carbocycles. The van der Waals surface area contributed by atoms with Gasteiger partial charge in [0.25, 0.3) is 0 Å². The summed E-state index contributed by atoms with van der Waals surface area (Å²) in [5.41, 5.74) is 6.44. The third-order valence-electron chi connectivity index (χ3n) is 6.30. The van der Waals surface area contributed by atoms with E-state index in [-0.39, 0.29) is 29.1 Å². The molecular weight excluding hydrogens is 447 g/mol. The quantitative estimate of drug-likeness (QED) is 0.558. The number of pyridine rings is 2. The second kappa shape index (κ2) is 8.69. The smallest absolute Gasteiger partial charge is 0.369 e. The highest BCUT2D eigenvalue weighted by Gasteiger charge is 2.40. The number of nitrogens with one attached hydrogen (secondary N) is 1. The minimum absolute atomic E-state index is 0.0379. The van der Waals surface area contributed by atoms with Crippen LogP contribution in [0, 0.1) is 18.3 Å². The maximum atomic E-state index is 13.0. The normalized spacial score (nSPS) is 20.2.